The van der Waals surface area contributed by atoms with Crippen molar-refractivity contribution >= 4 is 11.3 Å². The van der Waals surface area contributed by atoms with Crippen LogP contribution in [-0.2, 0) is 0 Å². The maximum atomic E-state index is 8.78. The summed E-state index contributed by atoms with van der Waals surface area (Å²) in [5.41, 5.74) is 5.79. The van der Waals surface area contributed by atoms with E-state index in [9.17, 15) is 0 Å². The van der Waals surface area contributed by atoms with Crippen LogP contribution in [0.15, 0.2) is 12.1 Å². The smallest absolute Gasteiger partial charge is 0.0541 e. The van der Waals surface area contributed by atoms with E-state index >= 15 is 0 Å². The maximum Gasteiger partial charge on any atom is 0.0541 e. The second-order valence-corrected chi connectivity index (χ2v) is 5.49. The molecule has 0 bridgehead atoms. The first-order valence-electron chi connectivity index (χ1n) is 5.80. The molecule has 1 aromatic heterocycles. The van der Waals surface area contributed by atoms with E-state index in [0.29, 0.717) is 12.6 Å². The van der Waals surface area contributed by atoms with Crippen LogP contribution in [0.4, 0.5) is 0 Å². The summed E-state index contributed by atoms with van der Waals surface area (Å²) >= 11 is 1.79. The third-order valence-electron chi connectivity index (χ3n) is 2.62. The van der Waals surface area contributed by atoms with Crippen molar-refractivity contribution in [1.82, 2.24) is 5.32 Å². The standard InChI is InChI=1S/C12H22N2OS/c1-9(4-3-7-15)14-11(8-13)12-6-5-10(2)16-12/h5-6,9,11,14-15H,3-4,7-8,13H2,1-2H3. The Morgan fingerprint density at radius 2 is 2.25 bits per heavy atom. The molecule has 0 aliphatic rings. The molecule has 0 saturated carbocycles. The molecule has 3 nitrogen and oxygen atoms in total. The predicted octanol–water partition coefficient (Wildman–Crippen LogP) is 1.81. The topological polar surface area (TPSA) is 58.3 Å². The lowest BCUT2D eigenvalue weighted by Gasteiger charge is -2.21. The van der Waals surface area contributed by atoms with Gasteiger partial charge >= 0.3 is 0 Å². The number of rotatable bonds is 7. The molecule has 0 spiro atoms. The Morgan fingerprint density at radius 3 is 2.75 bits per heavy atom. The Bertz CT molecular complexity index is 301. The van der Waals surface area contributed by atoms with Crippen molar-refractivity contribution < 1.29 is 5.11 Å². The van der Waals surface area contributed by atoms with Crippen LogP contribution in [0.5, 0.6) is 0 Å². The molecule has 0 saturated heterocycles. The van der Waals surface area contributed by atoms with Gasteiger partial charge in [0.05, 0.1) is 6.04 Å². The Hall–Kier alpha value is -0.420. The molecule has 1 rings (SSSR count). The molecule has 0 amide bonds. The number of aliphatic hydroxyl groups is 1. The van der Waals surface area contributed by atoms with Crippen molar-refractivity contribution in [2.24, 2.45) is 5.73 Å². The fourth-order valence-electron chi connectivity index (χ4n) is 1.73. The fraction of sp³-hybridized carbons (Fsp3) is 0.667. The van der Waals surface area contributed by atoms with Gasteiger partial charge in [0.1, 0.15) is 0 Å². The summed E-state index contributed by atoms with van der Waals surface area (Å²) in [5.74, 6) is 0. The highest BCUT2D eigenvalue weighted by molar-refractivity contribution is 7.12. The second-order valence-electron chi connectivity index (χ2n) is 4.17. The molecule has 1 aromatic rings. The molecule has 0 fully saturated rings. The van der Waals surface area contributed by atoms with Gasteiger partial charge in [0.25, 0.3) is 0 Å². The SMILES string of the molecule is Cc1ccc(C(CN)NC(C)CCCO)s1. The monoisotopic (exact) mass is 242 g/mol. The van der Waals surface area contributed by atoms with E-state index in [1.807, 2.05) is 0 Å². The summed E-state index contributed by atoms with van der Waals surface area (Å²) in [4.78, 5) is 2.62. The highest BCUT2D eigenvalue weighted by Gasteiger charge is 2.13. The van der Waals surface area contributed by atoms with Crippen LogP contribution in [0.2, 0.25) is 0 Å². The number of thiophene rings is 1. The lowest BCUT2D eigenvalue weighted by Crippen LogP contribution is -2.34. The van der Waals surface area contributed by atoms with Crippen LogP contribution in [0, 0.1) is 6.92 Å². The van der Waals surface area contributed by atoms with Gasteiger partial charge in [-0.05, 0) is 38.8 Å². The van der Waals surface area contributed by atoms with E-state index in [0.717, 1.165) is 12.8 Å². The first-order chi connectivity index (χ1) is 7.67. The summed E-state index contributed by atoms with van der Waals surface area (Å²) in [5, 5.41) is 12.3. The molecule has 0 aliphatic heterocycles. The molecule has 0 aliphatic carbocycles. The van der Waals surface area contributed by atoms with Crippen LogP contribution in [-0.4, -0.2) is 24.3 Å². The molecule has 16 heavy (non-hydrogen) atoms. The highest BCUT2D eigenvalue weighted by atomic mass is 32.1. The van der Waals surface area contributed by atoms with Gasteiger partial charge in [-0.15, -0.1) is 11.3 Å². The van der Waals surface area contributed by atoms with Crippen LogP contribution >= 0.6 is 11.3 Å². The minimum atomic E-state index is 0.243. The average molecular weight is 242 g/mol. The van der Waals surface area contributed by atoms with Crippen LogP contribution in [0.1, 0.15) is 35.6 Å². The lowest BCUT2D eigenvalue weighted by molar-refractivity contribution is 0.274. The highest BCUT2D eigenvalue weighted by Crippen LogP contribution is 2.22. The molecule has 0 radical (unpaired) electrons. The van der Waals surface area contributed by atoms with Gasteiger partial charge in [0, 0.05) is 28.9 Å². The molecule has 92 valence electrons. The first kappa shape index (κ1) is 13.6. The Balaban J connectivity index is 2.48. The lowest BCUT2D eigenvalue weighted by atomic mass is 10.1. The van der Waals surface area contributed by atoms with E-state index in [4.69, 9.17) is 10.8 Å². The predicted molar refractivity (Wildman–Crippen MR) is 69.8 cm³/mol. The molecule has 4 N–H and O–H groups in total. The summed E-state index contributed by atoms with van der Waals surface area (Å²) < 4.78 is 0. The van der Waals surface area contributed by atoms with Gasteiger partial charge in [0.15, 0.2) is 0 Å². The number of hydrogen-bond donors (Lipinski definition) is 3. The summed E-state index contributed by atoms with van der Waals surface area (Å²) in [6.07, 6.45) is 1.83. The van der Waals surface area contributed by atoms with E-state index in [2.05, 4.69) is 31.3 Å². The third-order valence-corrected chi connectivity index (χ3v) is 3.74. The van der Waals surface area contributed by atoms with E-state index in [1.54, 1.807) is 11.3 Å². The van der Waals surface area contributed by atoms with Gasteiger partial charge in [-0.2, -0.15) is 0 Å². The molecular formula is C12H22N2OS. The van der Waals surface area contributed by atoms with Gasteiger partial charge in [-0.25, -0.2) is 0 Å². The van der Waals surface area contributed by atoms with Gasteiger partial charge in [-0.1, -0.05) is 0 Å². The fourth-order valence-corrected chi connectivity index (χ4v) is 2.68. The maximum absolute atomic E-state index is 8.78. The third kappa shape index (κ3) is 4.22. The van der Waals surface area contributed by atoms with E-state index in [1.165, 1.54) is 9.75 Å². The van der Waals surface area contributed by atoms with Crippen molar-refractivity contribution in [3.63, 3.8) is 0 Å². The summed E-state index contributed by atoms with van der Waals surface area (Å²) in [6, 6.07) is 4.90. The van der Waals surface area contributed by atoms with Gasteiger partial charge < -0.3 is 16.2 Å². The van der Waals surface area contributed by atoms with Crippen molar-refractivity contribution in [1.29, 1.82) is 0 Å². The number of aliphatic hydroxyl groups excluding tert-OH is 1. The minimum Gasteiger partial charge on any atom is -0.396 e. The van der Waals surface area contributed by atoms with Crippen LogP contribution in [0.3, 0.4) is 0 Å². The second kappa shape index (κ2) is 7.01. The average Bonchev–Trinajstić information content (AvgIpc) is 2.69. The zero-order chi connectivity index (χ0) is 12.0. The molecule has 2 atom stereocenters. The number of hydrogen-bond acceptors (Lipinski definition) is 4. The Kier molecular flexibility index (Phi) is 5.98. The molecule has 4 heteroatoms. The summed E-state index contributed by atoms with van der Waals surface area (Å²) in [7, 11) is 0. The zero-order valence-electron chi connectivity index (χ0n) is 10.1. The molecule has 0 aromatic carbocycles. The van der Waals surface area contributed by atoms with E-state index in [-0.39, 0.29) is 12.6 Å². The molecular weight excluding hydrogens is 220 g/mol. The molecule has 2 unspecified atom stereocenters. The quantitative estimate of drug-likeness (QED) is 0.683. The minimum absolute atomic E-state index is 0.243. The zero-order valence-corrected chi connectivity index (χ0v) is 10.9. The van der Waals surface area contributed by atoms with Gasteiger partial charge in [0.2, 0.25) is 0 Å². The Labute approximate surface area is 102 Å². The van der Waals surface area contributed by atoms with Crippen molar-refractivity contribution in [2.75, 3.05) is 13.2 Å². The number of nitrogens with two attached hydrogens (primary N) is 1. The number of aryl methyl sites for hydroxylation is 1. The van der Waals surface area contributed by atoms with Crippen LogP contribution < -0.4 is 11.1 Å². The normalized spacial score (nSPS) is 15.0. The number of nitrogens with one attached hydrogen (secondary N) is 1. The van der Waals surface area contributed by atoms with Crippen molar-refractivity contribution in [3.8, 4) is 0 Å². The summed E-state index contributed by atoms with van der Waals surface area (Å²) in [6.45, 7) is 5.12. The van der Waals surface area contributed by atoms with Crippen LogP contribution in [0.25, 0.3) is 0 Å². The van der Waals surface area contributed by atoms with Crippen molar-refractivity contribution in [3.05, 3.63) is 21.9 Å². The van der Waals surface area contributed by atoms with E-state index < -0.39 is 0 Å². The van der Waals surface area contributed by atoms with Gasteiger partial charge in [-0.3, -0.25) is 0 Å². The van der Waals surface area contributed by atoms with Crippen molar-refractivity contribution in [2.45, 2.75) is 38.8 Å². The Morgan fingerprint density at radius 1 is 1.50 bits per heavy atom. The molecule has 1 heterocycles. The first-order valence-corrected chi connectivity index (χ1v) is 6.62. The largest absolute Gasteiger partial charge is 0.396 e.